The van der Waals surface area contributed by atoms with Crippen molar-refractivity contribution >= 4 is 21.6 Å². The van der Waals surface area contributed by atoms with Gasteiger partial charge in [-0.15, -0.1) is 11.3 Å². The number of phenolic OH excluding ortho intramolecular Hbond substituents is 2. The summed E-state index contributed by atoms with van der Waals surface area (Å²) >= 11 is 1.67. The molecule has 2 aliphatic carbocycles. The van der Waals surface area contributed by atoms with Crippen molar-refractivity contribution in [2.24, 2.45) is 0 Å². The average molecular weight is 554 g/mol. The molecule has 0 amide bonds. The molecule has 1 aromatic heterocycles. The number of hydrogen-bond donors (Lipinski definition) is 2. The standard InChI is InChI=1S/C36H43NO2S/c1-23-19-25(32(38)27(21-23)35(3)15-9-5-10-16-35)31(34-37-29-13-7-8-14-30(29)40-34)26-20-24(2)22-28(33(26)39)36(4)17-11-6-12-18-36/h7-8,13-14,19-22,31,38-39H,5-6,9-12,15-18H2,1-4H3. The molecule has 210 valence electrons. The van der Waals surface area contributed by atoms with Gasteiger partial charge in [0.05, 0.1) is 16.1 Å². The lowest BCUT2D eigenvalue weighted by atomic mass is 9.68. The number of aromatic nitrogens is 1. The van der Waals surface area contributed by atoms with Crippen LogP contribution in [0.3, 0.4) is 0 Å². The third-order valence-electron chi connectivity index (χ3n) is 9.96. The van der Waals surface area contributed by atoms with Crippen LogP contribution in [0.2, 0.25) is 0 Å². The Balaban J connectivity index is 1.60. The first-order chi connectivity index (χ1) is 19.2. The first kappa shape index (κ1) is 27.3. The number of rotatable bonds is 5. The summed E-state index contributed by atoms with van der Waals surface area (Å²) in [6.07, 6.45) is 11.7. The van der Waals surface area contributed by atoms with Crippen LogP contribution < -0.4 is 0 Å². The van der Waals surface area contributed by atoms with Gasteiger partial charge in [-0.05, 0) is 62.5 Å². The van der Waals surface area contributed by atoms with Crippen LogP contribution in [0.15, 0.2) is 48.5 Å². The van der Waals surface area contributed by atoms with Gasteiger partial charge >= 0.3 is 0 Å². The van der Waals surface area contributed by atoms with Crippen LogP contribution in [0.25, 0.3) is 10.2 Å². The van der Waals surface area contributed by atoms with Gasteiger partial charge < -0.3 is 10.2 Å². The number of aromatic hydroxyl groups is 2. The van der Waals surface area contributed by atoms with Gasteiger partial charge in [-0.25, -0.2) is 4.98 Å². The lowest BCUT2D eigenvalue weighted by molar-refractivity contribution is 0.306. The number of aryl methyl sites for hydroxylation is 2. The maximum Gasteiger partial charge on any atom is 0.123 e. The SMILES string of the molecule is Cc1cc(C(c2nc3ccccc3s2)c2cc(C)cc(C3(C)CCCCC3)c2O)c(O)c(C2(C)CCCCC2)c1. The van der Waals surface area contributed by atoms with Gasteiger partial charge in [0.1, 0.15) is 16.5 Å². The van der Waals surface area contributed by atoms with E-state index >= 15 is 0 Å². The minimum Gasteiger partial charge on any atom is -0.507 e. The molecule has 0 saturated heterocycles. The van der Waals surface area contributed by atoms with Crippen LogP contribution in [-0.2, 0) is 10.8 Å². The molecule has 6 rings (SSSR count). The molecule has 2 N–H and O–H groups in total. The lowest BCUT2D eigenvalue weighted by Gasteiger charge is -2.37. The van der Waals surface area contributed by atoms with E-state index in [0.29, 0.717) is 11.5 Å². The summed E-state index contributed by atoms with van der Waals surface area (Å²) in [6, 6.07) is 16.9. The van der Waals surface area contributed by atoms with Crippen LogP contribution in [-0.4, -0.2) is 15.2 Å². The van der Waals surface area contributed by atoms with E-state index in [1.807, 2.05) is 6.07 Å². The number of benzene rings is 3. The Morgan fingerprint density at radius 3 is 1.65 bits per heavy atom. The molecular weight excluding hydrogens is 510 g/mol. The fourth-order valence-corrected chi connectivity index (χ4v) is 8.73. The fourth-order valence-electron chi connectivity index (χ4n) is 7.62. The minimum absolute atomic E-state index is 0.0450. The molecule has 0 bridgehead atoms. The van der Waals surface area contributed by atoms with Crippen molar-refractivity contribution < 1.29 is 10.2 Å². The lowest BCUT2D eigenvalue weighted by Crippen LogP contribution is -2.26. The molecule has 0 radical (unpaired) electrons. The molecular formula is C36H43NO2S. The van der Waals surface area contributed by atoms with E-state index in [9.17, 15) is 10.2 Å². The zero-order valence-corrected chi connectivity index (χ0v) is 25.3. The second kappa shape index (κ2) is 10.5. The first-order valence-corrected chi connectivity index (χ1v) is 16.0. The second-order valence-corrected chi connectivity index (χ2v) is 14.3. The van der Waals surface area contributed by atoms with Gasteiger partial charge in [-0.2, -0.15) is 0 Å². The summed E-state index contributed by atoms with van der Waals surface area (Å²) in [6.45, 7) is 8.92. The van der Waals surface area contributed by atoms with Crippen LogP contribution in [0.5, 0.6) is 11.5 Å². The van der Waals surface area contributed by atoms with E-state index in [-0.39, 0.29) is 16.7 Å². The maximum absolute atomic E-state index is 12.1. The van der Waals surface area contributed by atoms with Crippen molar-refractivity contribution in [3.63, 3.8) is 0 Å². The average Bonchev–Trinajstić information content (AvgIpc) is 3.36. The Bertz CT molecular complexity index is 1430. The fraction of sp³-hybridized carbons (Fsp3) is 0.472. The number of fused-ring (bicyclic) bond motifs is 1. The van der Waals surface area contributed by atoms with Crippen LogP contribution in [0.1, 0.15) is 122 Å². The highest BCUT2D eigenvalue weighted by Crippen LogP contribution is 2.52. The molecule has 3 nitrogen and oxygen atoms in total. The number of hydrogen-bond acceptors (Lipinski definition) is 4. The zero-order valence-electron chi connectivity index (χ0n) is 24.5. The van der Waals surface area contributed by atoms with E-state index in [4.69, 9.17) is 4.98 Å². The Labute approximate surface area is 243 Å². The van der Waals surface area contributed by atoms with Gasteiger partial charge in [-0.3, -0.25) is 0 Å². The quantitative estimate of drug-likeness (QED) is 0.258. The summed E-state index contributed by atoms with van der Waals surface area (Å²) in [7, 11) is 0. The molecule has 0 aliphatic heterocycles. The van der Waals surface area contributed by atoms with Gasteiger partial charge in [0.25, 0.3) is 0 Å². The van der Waals surface area contributed by atoms with E-state index < -0.39 is 0 Å². The van der Waals surface area contributed by atoms with E-state index in [1.165, 1.54) is 38.5 Å². The molecule has 0 atom stereocenters. The molecule has 0 spiro atoms. The first-order valence-electron chi connectivity index (χ1n) is 15.2. The van der Waals surface area contributed by atoms with Crippen molar-refractivity contribution in [1.29, 1.82) is 0 Å². The molecule has 40 heavy (non-hydrogen) atoms. The predicted octanol–water partition coefficient (Wildman–Crippen LogP) is 9.95. The smallest absolute Gasteiger partial charge is 0.123 e. The molecule has 2 aliphatic rings. The highest BCUT2D eigenvalue weighted by Gasteiger charge is 2.37. The molecule has 4 heteroatoms. The summed E-state index contributed by atoms with van der Waals surface area (Å²) in [5, 5.41) is 25.2. The third-order valence-corrected chi connectivity index (χ3v) is 11.1. The molecule has 4 aromatic rings. The molecule has 3 aromatic carbocycles. The Hall–Kier alpha value is -2.85. The minimum atomic E-state index is -0.353. The van der Waals surface area contributed by atoms with E-state index in [2.05, 4.69) is 70.2 Å². The topological polar surface area (TPSA) is 53.4 Å². The zero-order chi connectivity index (χ0) is 28.1. The number of nitrogens with zero attached hydrogens (tertiary/aromatic N) is 1. The second-order valence-electron chi connectivity index (χ2n) is 13.2. The maximum atomic E-state index is 12.1. The van der Waals surface area contributed by atoms with Crippen molar-refractivity contribution in [3.8, 4) is 11.5 Å². The van der Waals surface area contributed by atoms with Gasteiger partial charge in [-0.1, -0.05) is 99.9 Å². The van der Waals surface area contributed by atoms with Crippen molar-refractivity contribution in [2.45, 2.75) is 109 Å². The highest BCUT2D eigenvalue weighted by atomic mass is 32.1. The van der Waals surface area contributed by atoms with Crippen molar-refractivity contribution in [3.05, 3.63) is 86.9 Å². The van der Waals surface area contributed by atoms with Gasteiger partial charge in [0.15, 0.2) is 0 Å². The Morgan fingerprint density at radius 2 is 1.18 bits per heavy atom. The van der Waals surface area contributed by atoms with Crippen molar-refractivity contribution in [1.82, 2.24) is 4.98 Å². The Kier molecular flexibility index (Phi) is 7.19. The van der Waals surface area contributed by atoms with E-state index in [1.54, 1.807) is 11.3 Å². The summed E-state index contributed by atoms with van der Waals surface area (Å²) in [4.78, 5) is 5.12. The summed E-state index contributed by atoms with van der Waals surface area (Å²) in [5.41, 5.74) is 7.00. The number of thiazole rings is 1. The monoisotopic (exact) mass is 553 g/mol. The predicted molar refractivity (Wildman–Crippen MR) is 167 cm³/mol. The van der Waals surface area contributed by atoms with Crippen LogP contribution >= 0.6 is 11.3 Å². The number of para-hydroxylation sites is 1. The molecule has 0 unspecified atom stereocenters. The highest BCUT2D eigenvalue weighted by molar-refractivity contribution is 7.18. The van der Waals surface area contributed by atoms with Gasteiger partial charge in [0, 0.05) is 22.3 Å². The number of phenols is 2. The van der Waals surface area contributed by atoms with E-state index in [0.717, 1.165) is 74.3 Å². The molecule has 2 fully saturated rings. The third kappa shape index (κ3) is 4.83. The normalized spacial score (nSPS) is 18.8. The largest absolute Gasteiger partial charge is 0.507 e. The summed E-state index contributed by atoms with van der Waals surface area (Å²) < 4.78 is 1.13. The Morgan fingerprint density at radius 1 is 0.700 bits per heavy atom. The van der Waals surface area contributed by atoms with Gasteiger partial charge in [0.2, 0.25) is 0 Å². The molecule has 1 heterocycles. The van der Waals surface area contributed by atoms with Crippen LogP contribution in [0, 0.1) is 13.8 Å². The molecule has 2 saturated carbocycles. The van der Waals surface area contributed by atoms with Crippen LogP contribution in [0.4, 0.5) is 0 Å². The summed E-state index contributed by atoms with van der Waals surface area (Å²) in [5.74, 6) is 0.408. The van der Waals surface area contributed by atoms with Crippen molar-refractivity contribution in [2.75, 3.05) is 0 Å².